The van der Waals surface area contributed by atoms with Crippen molar-refractivity contribution in [1.29, 1.82) is 5.26 Å². The van der Waals surface area contributed by atoms with Crippen molar-refractivity contribution in [3.8, 4) is 6.07 Å². The summed E-state index contributed by atoms with van der Waals surface area (Å²) in [6.45, 7) is 4.22. The zero-order valence-corrected chi connectivity index (χ0v) is 30.2. The first-order valence-corrected chi connectivity index (χ1v) is 17.0. The molecule has 0 fully saturated rings. The number of rotatable bonds is 16. The van der Waals surface area contributed by atoms with Gasteiger partial charge in [0, 0.05) is 37.9 Å². The standard InChI is InChI=1S/C39H40F6N4O6/c1-37(2,3)55-33(51)19-30(16-24-4-10-28(11-5-24)22-48-35(53)38(40,41)42)32(50)18-31(34(52)47-21-27-14-8-26(20-46)9-15-27)17-25-6-12-29(13-7-25)23-49-36(54)39(43,44)45/h4-15,30-31H,16-19,21-23H2,1-3H3,(H,47,52)(H,48,53)(H,49,54)/t30-,31+/m0/s1. The van der Waals surface area contributed by atoms with Crippen LogP contribution in [-0.4, -0.2) is 47.4 Å². The van der Waals surface area contributed by atoms with Gasteiger partial charge in [-0.3, -0.25) is 24.0 Å². The summed E-state index contributed by atoms with van der Waals surface area (Å²) in [6, 6.07) is 20.6. The molecule has 3 aromatic carbocycles. The Morgan fingerprint density at radius 2 is 0.982 bits per heavy atom. The number of carbonyl (C=O) groups excluding carboxylic acids is 5. The Bertz CT molecular complexity index is 1850. The molecule has 3 aromatic rings. The van der Waals surface area contributed by atoms with Gasteiger partial charge in [-0.2, -0.15) is 31.6 Å². The average molecular weight is 775 g/mol. The highest BCUT2D eigenvalue weighted by molar-refractivity contribution is 5.90. The van der Waals surface area contributed by atoms with Crippen LogP contribution in [0.4, 0.5) is 26.3 Å². The summed E-state index contributed by atoms with van der Waals surface area (Å²) in [4.78, 5) is 63.0. The van der Waals surface area contributed by atoms with E-state index < -0.39 is 72.4 Å². The Morgan fingerprint density at radius 3 is 1.38 bits per heavy atom. The number of nitrogens with one attached hydrogen (secondary N) is 3. The van der Waals surface area contributed by atoms with Gasteiger partial charge in [-0.15, -0.1) is 0 Å². The molecule has 0 aliphatic rings. The van der Waals surface area contributed by atoms with Crippen LogP contribution < -0.4 is 16.0 Å². The average Bonchev–Trinajstić information content (AvgIpc) is 3.10. The van der Waals surface area contributed by atoms with Crippen LogP contribution in [0.1, 0.15) is 67.0 Å². The summed E-state index contributed by atoms with van der Waals surface area (Å²) in [5.41, 5.74) is 2.01. The fraction of sp³-hybridized carbons (Fsp3) is 0.385. The minimum Gasteiger partial charge on any atom is -0.460 e. The van der Waals surface area contributed by atoms with Gasteiger partial charge in [-0.1, -0.05) is 60.7 Å². The van der Waals surface area contributed by atoms with E-state index in [1.54, 1.807) is 79.9 Å². The van der Waals surface area contributed by atoms with Crippen LogP contribution in [0.15, 0.2) is 72.8 Å². The van der Waals surface area contributed by atoms with Crippen LogP contribution in [0, 0.1) is 23.2 Å². The number of hydrogen-bond donors (Lipinski definition) is 3. The molecule has 2 atom stereocenters. The van der Waals surface area contributed by atoms with E-state index in [9.17, 15) is 50.3 Å². The second kappa shape index (κ2) is 19.0. The molecule has 55 heavy (non-hydrogen) atoms. The van der Waals surface area contributed by atoms with Gasteiger partial charge in [-0.25, -0.2) is 0 Å². The van der Waals surface area contributed by atoms with E-state index in [0.717, 1.165) is 0 Å². The lowest BCUT2D eigenvalue weighted by molar-refractivity contribution is -0.173. The number of nitriles is 1. The molecule has 0 heterocycles. The van der Waals surface area contributed by atoms with Crippen molar-refractivity contribution >= 4 is 29.5 Å². The summed E-state index contributed by atoms with van der Waals surface area (Å²) in [5, 5.41) is 15.4. The minimum atomic E-state index is -5.05. The van der Waals surface area contributed by atoms with Gasteiger partial charge in [0.25, 0.3) is 0 Å². The molecule has 3 rings (SSSR count). The Labute approximate surface area is 313 Å². The number of ether oxygens (including phenoxy) is 1. The highest BCUT2D eigenvalue weighted by Crippen LogP contribution is 2.24. The Kier molecular flexibility index (Phi) is 15.1. The summed E-state index contributed by atoms with van der Waals surface area (Å²) in [6.07, 6.45) is -10.8. The first-order valence-electron chi connectivity index (χ1n) is 17.0. The third-order valence-corrected chi connectivity index (χ3v) is 8.09. The maximum absolute atomic E-state index is 14.0. The van der Waals surface area contributed by atoms with Crippen LogP contribution >= 0.6 is 0 Å². The zero-order valence-electron chi connectivity index (χ0n) is 30.2. The zero-order chi connectivity index (χ0) is 41.0. The molecule has 0 bridgehead atoms. The van der Waals surface area contributed by atoms with Crippen LogP contribution in [-0.2, 0) is 61.2 Å². The topological polar surface area (TPSA) is 154 Å². The first-order chi connectivity index (χ1) is 25.6. The number of nitrogens with zero attached hydrogens (tertiary/aromatic N) is 1. The normalized spacial score (nSPS) is 12.8. The van der Waals surface area contributed by atoms with Gasteiger partial charge in [-0.05, 0) is 73.6 Å². The molecule has 0 aliphatic carbocycles. The van der Waals surface area contributed by atoms with Gasteiger partial charge in [0.2, 0.25) is 5.91 Å². The van der Waals surface area contributed by atoms with E-state index in [-0.39, 0.29) is 32.2 Å². The molecule has 10 nitrogen and oxygen atoms in total. The maximum Gasteiger partial charge on any atom is 0.471 e. The van der Waals surface area contributed by atoms with E-state index in [4.69, 9.17) is 10.00 Å². The largest absolute Gasteiger partial charge is 0.471 e. The van der Waals surface area contributed by atoms with E-state index >= 15 is 0 Å². The predicted octanol–water partition coefficient (Wildman–Crippen LogP) is 5.94. The van der Waals surface area contributed by atoms with Crippen LogP contribution in [0.3, 0.4) is 0 Å². The van der Waals surface area contributed by atoms with Crippen LogP contribution in [0.5, 0.6) is 0 Å². The van der Waals surface area contributed by atoms with Crippen molar-refractivity contribution in [2.24, 2.45) is 11.8 Å². The first kappa shape index (κ1) is 43.7. The van der Waals surface area contributed by atoms with Crippen molar-refractivity contribution < 1.29 is 55.1 Å². The summed E-state index contributed by atoms with van der Waals surface area (Å²) >= 11 is 0. The molecule has 0 spiro atoms. The maximum atomic E-state index is 14.0. The van der Waals surface area contributed by atoms with Crippen molar-refractivity contribution in [3.05, 3.63) is 106 Å². The van der Waals surface area contributed by atoms with Gasteiger partial charge >= 0.3 is 30.1 Å². The molecule has 0 unspecified atom stereocenters. The van der Waals surface area contributed by atoms with Gasteiger partial charge in [0.15, 0.2) is 0 Å². The van der Waals surface area contributed by atoms with Crippen molar-refractivity contribution in [2.45, 2.75) is 84.0 Å². The van der Waals surface area contributed by atoms with E-state index in [2.05, 4.69) is 5.32 Å². The van der Waals surface area contributed by atoms with Crippen molar-refractivity contribution in [3.63, 3.8) is 0 Å². The van der Waals surface area contributed by atoms with Gasteiger partial charge in [0.05, 0.1) is 18.1 Å². The number of carbonyl (C=O) groups is 5. The van der Waals surface area contributed by atoms with Crippen LogP contribution in [0.2, 0.25) is 0 Å². The van der Waals surface area contributed by atoms with Gasteiger partial charge in [0.1, 0.15) is 11.4 Å². The highest BCUT2D eigenvalue weighted by atomic mass is 19.4. The molecule has 3 amide bonds. The lowest BCUT2D eigenvalue weighted by Gasteiger charge is -2.23. The SMILES string of the molecule is CC(C)(C)OC(=O)C[C@H](Cc1ccc(CNC(=O)C(F)(F)F)cc1)C(=O)C[C@@H](Cc1ccc(CNC(=O)C(F)(F)F)cc1)C(=O)NCc1ccc(C#N)cc1. The quantitative estimate of drug-likeness (QED) is 0.120. The molecule has 3 N–H and O–H groups in total. The number of alkyl halides is 6. The highest BCUT2D eigenvalue weighted by Gasteiger charge is 2.39. The van der Waals surface area contributed by atoms with E-state index in [0.29, 0.717) is 33.4 Å². The fourth-order valence-electron chi connectivity index (χ4n) is 5.30. The number of ketones is 1. The van der Waals surface area contributed by atoms with E-state index in [1.807, 2.05) is 6.07 Å². The number of amides is 3. The smallest absolute Gasteiger partial charge is 0.460 e. The van der Waals surface area contributed by atoms with Gasteiger partial charge < -0.3 is 20.7 Å². The lowest BCUT2D eigenvalue weighted by Crippen LogP contribution is -2.36. The Hall–Kier alpha value is -5.72. The summed E-state index contributed by atoms with van der Waals surface area (Å²) in [7, 11) is 0. The molecule has 0 saturated carbocycles. The lowest BCUT2D eigenvalue weighted by atomic mass is 9.84. The number of esters is 1. The number of halogens is 6. The second-order valence-corrected chi connectivity index (χ2v) is 13.8. The molecule has 294 valence electrons. The molecule has 0 aromatic heterocycles. The molecular weight excluding hydrogens is 734 g/mol. The number of Topliss-reactive ketones (excluding diaryl/α,β-unsaturated/α-hetero) is 1. The molecule has 0 radical (unpaired) electrons. The Morgan fingerprint density at radius 1 is 0.600 bits per heavy atom. The predicted molar refractivity (Wildman–Crippen MR) is 186 cm³/mol. The second-order valence-electron chi connectivity index (χ2n) is 13.8. The number of hydrogen-bond acceptors (Lipinski definition) is 7. The third kappa shape index (κ3) is 15.3. The molecule has 0 saturated heterocycles. The molecule has 0 aliphatic heterocycles. The molecule has 16 heteroatoms. The Balaban J connectivity index is 1.83. The summed E-state index contributed by atoms with van der Waals surface area (Å²) < 4.78 is 81.1. The number of benzene rings is 3. The van der Waals surface area contributed by atoms with Crippen molar-refractivity contribution in [2.75, 3.05) is 0 Å². The third-order valence-electron chi connectivity index (χ3n) is 8.09. The monoisotopic (exact) mass is 774 g/mol. The summed E-state index contributed by atoms with van der Waals surface area (Å²) in [5.74, 6) is -7.81. The molecular formula is C39H40F6N4O6. The fourth-order valence-corrected chi connectivity index (χ4v) is 5.30. The van der Waals surface area contributed by atoms with E-state index in [1.165, 1.54) is 24.3 Å². The van der Waals surface area contributed by atoms with Crippen molar-refractivity contribution in [1.82, 2.24) is 16.0 Å². The minimum absolute atomic E-state index is 0.00515. The van der Waals surface area contributed by atoms with Crippen LogP contribution in [0.25, 0.3) is 0 Å².